The zero-order chi connectivity index (χ0) is 13.9. The zero-order valence-electron chi connectivity index (χ0n) is 9.61. The first kappa shape index (κ1) is 13.0. The molecule has 2 aromatic rings. The van der Waals surface area contributed by atoms with Crippen LogP contribution < -0.4 is 11.1 Å². The second kappa shape index (κ2) is 5.06. The standard InChI is InChI=1S/C10H10N4O4S/c15-9(13-14-7-11-12-10(14)16)6-19(17,18)8-4-2-1-3-5-8/h1-5,7H,6H2,(H,12,16)(H,13,15). The van der Waals surface area contributed by atoms with E-state index in [2.05, 4.69) is 15.6 Å². The predicted octanol–water partition coefficient (Wildman–Crippen LogP) is -0.885. The number of nitrogens with one attached hydrogen (secondary N) is 2. The Kier molecular flexibility index (Phi) is 3.47. The maximum Gasteiger partial charge on any atom is 0.362 e. The van der Waals surface area contributed by atoms with E-state index >= 15 is 0 Å². The lowest BCUT2D eigenvalue weighted by atomic mass is 10.4. The minimum absolute atomic E-state index is 0.0460. The molecule has 0 aliphatic carbocycles. The molecule has 0 radical (unpaired) electrons. The normalized spacial score (nSPS) is 11.2. The minimum atomic E-state index is -3.73. The Labute approximate surface area is 108 Å². The van der Waals surface area contributed by atoms with Gasteiger partial charge in [-0.1, -0.05) is 18.2 Å². The number of aromatic nitrogens is 3. The molecule has 0 aliphatic rings. The van der Waals surface area contributed by atoms with Gasteiger partial charge in [0.1, 0.15) is 12.1 Å². The zero-order valence-corrected chi connectivity index (χ0v) is 10.4. The van der Waals surface area contributed by atoms with E-state index in [1.165, 1.54) is 12.1 Å². The van der Waals surface area contributed by atoms with Crippen LogP contribution in [0.25, 0.3) is 0 Å². The van der Waals surface area contributed by atoms with Crippen LogP contribution in [0.15, 0.2) is 46.3 Å². The SMILES string of the molecule is O=C(CS(=O)(=O)c1ccccc1)Nn1cn[nH]c1=O. The molecule has 100 valence electrons. The second-order valence-electron chi connectivity index (χ2n) is 3.64. The number of benzene rings is 1. The van der Waals surface area contributed by atoms with Crippen molar-refractivity contribution in [2.45, 2.75) is 4.90 Å². The Balaban J connectivity index is 2.11. The van der Waals surface area contributed by atoms with Crippen LogP contribution in [0.4, 0.5) is 0 Å². The molecule has 19 heavy (non-hydrogen) atoms. The van der Waals surface area contributed by atoms with E-state index in [9.17, 15) is 18.0 Å². The number of hydrogen-bond donors (Lipinski definition) is 2. The Morgan fingerprint density at radius 3 is 2.58 bits per heavy atom. The molecule has 1 heterocycles. The molecule has 0 spiro atoms. The molecule has 0 unspecified atom stereocenters. The summed E-state index contributed by atoms with van der Waals surface area (Å²) in [4.78, 5) is 22.7. The van der Waals surface area contributed by atoms with Gasteiger partial charge < -0.3 is 0 Å². The molecule has 0 saturated heterocycles. The number of sulfone groups is 1. The highest BCUT2D eigenvalue weighted by Gasteiger charge is 2.19. The lowest BCUT2D eigenvalue weighted by Gasteiger charge is -2.05. The average molecular weight is 282 g/mol. The number of aromatic amines is 1. The first-order chi connectivity index (χ1) is 8.99. The second-order valence-corrected chi connectivity index (χ2v) is 5.63. The third-order valence-electron chi connectivity index (χ3n) is 2.22. The molecule has 1 aromatic carbocycles. The van der Waals surface area contributed by atoms with Gasteiger partial charge in [-0.15, -0.1) is 0 Å². The number of amides is 1. The van der Waals surface area contributed by atoms with Gasteiger partial charge in [-0.2, -0.15) is 9.77 Å². The van der Waals surface area contributed by atoms with Crippen LogP contribution in [-0.2, 0) is 14.6 Å². The summed E-state index contributed by atoms with van der Waals surface area (Å²) in [6.07, 6.45) is 1.04. The van der Waals surface area contributed by atoms with E-state index in [1.54, 1.807) is 18.2 Å². The van der Waals surface area contributed by atoms with Crippen LogP contribution in [-0.4, -0.2) is 35.0 Å². The van der Waals surface area contributed by atoms with Crippen molar-refractivity contribution in [3.8, 4) is 0 Å². The van der Waals surface area contributed by atoms with Crippen molar-refractivity contribution in [2.75, 3.05) is 11.2 Å². The summed E-state index contributed by atoms with van der Waals surface area (Å²) in [6.45, 7) is 0. The summed E-state index contributed by atoms with van der Waals surface area (Å²) >= 11 is 0. The number of rotatable bonds is 4. The van der Waals surface area contributed by atoms with Crippen LogP contribution in [0, 0.1) is 0 Å². The van der Waals surface area contributed by atoms with Crippen molar-refractivity contribution >= 4 is 15.7 Å². The summed E-state index contributed by atoms with van der Waals surface area (Å²) in [5.74, 6) is -1.58. The Morgan fingerprint density at radius 1 is 1.32 bits per heavy atom. The molecule has 0 aliphatic heterocycles. The van der Waals surface area contributed by atoms with E-state index in [1.807, 2.05) is 0 Å². The van der Waals surface area contributed by atoms with Crippen LogP contribution >= 0.6 is 0 Å². The Hall–Kier alpha value is -2.42. The van der Waals surface area contributed by atoms with Crippen molar-refractivity contribution in [1.29, 1.82) is 0 Å². The fourth-order valence-electron chi connectivity index (χ4n) is 1.38. The monoisotopic (exact) mass is 282 g/mol. The molecule has 0 fully saturated rings. The van der Waals surface area contributed by atoms with Crippen molar-refractivity contribution in [3.63, 3.8) is 0 Å². The highest BCUT2D eigenvalue weighted by atomic mass is 32.2. The van der Waals surface area contributed by atoms with Gasteiger partial charge >= 0.3 is 5.69 Å². The molecule has 2 rings (SSSR count). The van der Waals surface area contributed by atoms with Crippen LogP contribution in [0.2, 0.25) is 0 Å². The van der Waals surface area contributed by atoms with Gasteiger partial charge in [-0.05, 0) is 12.1 Å². The third kappa shape index (κ3) is 3.07. The molecule has 0 atom stereocenters. The van der Waals surface area contributed by atoms with Crippen LogP contribution in [0.3, 0.4) is 0 Å². The quantitative estimate of drug-likeness (QED) is 0.755. The molecule has 1 amide bonds. The minimum Gasteiger partial charge on any atom is -0.272 e. The third-order valence-corrected chi connectivity index (χ3v) is 3.85. The lowest BCUT2D eigenvalue weighted by Crippen LogP contribution is -2.34. The maximum atomic E-state index is 11.9. The van der Waals surface area contributed by atoms with Gasteiger partial charge in [-0.3, -0.25) is 10.2 Å². The molecular formula is C10H10N4O4S. The van der Waals surface area contributed by atoms with Crippen molar-refractivity contribution in [1.82, 2.24) is 14.9 Å². The van der Waals surface area contributed by atoms with Gasteiger partial charge in [0.15, 0.2) is 9.84 Å². The summed E-state index contributed by atoms with van der Waals surface area (Å²) in [6, 6.07) is 7.58. The molecule has 0 bridgehead atoms. The molecule has 1 aromatic heterocycles. The first-order valence-corrected chi connectivity index (χ1v) is 6.84. The predicted molar refractivity (Wildman–Crippen MR) is 65.7 cm³/mol. The van der Waals surface area contributed by atoms with Gasteiger partial charge in [0.25, 0.3) is 5.91 Å². The van der Waals surface area contributed by atoms with Gasteiger partial charge in [0.05, 0.1) is 4.90 Å². The fourth-order valence-corrected chi connectivity index (χ4v) is 2.53. The highest BCUT2D eigenvalue weighted by molar-refractivity contribution is 7.92. The largest absolute Gasteiger partial charge is 0.362 e. The fraction of sp³-hybridized carbons (Fsp3) is 0.100. The summed E-state index contributed by atoms with van der Waals surface area (Å²) in [5.41, 5.74) is 1.45. The number of H-pyrrole nitrogens is 1. The van der Waals surface area contributed by atoms with E-state index in [0.717, 1.165) is 11.0 Å². The Morgan fingerprint density at radius 2 is 2.00 bits per heavy atom. The topological polar surface area (TPSA) is 114 Å². The van der Waals surface area contributed by atoms with Crippen molar-refractivity contribution in [2.24, 2.45) is 0 Å². The van der Waals surface area contributed by atoms with Crippen molar-refractivity contribution < 1.29 is 13.2 Å². The van der Waals surface area contributed by atoms with E-state index in [0.29, 0.717) is 0 Å². The first-order valence-electron chi connectivity index (χ1n) is 5.19. The van der Waals surface area contributed by atoms with Crippen LogP contribution in [0.5, 0.6) is 0 Å². The van der Waals surface area contributed by atoms with Gasteiger partial charge in [-0.25, -0.2) is 18.3 Å². The molecule has 9 heteroatoms. The highest BCUT2D eigenvalue weighted by Crippen LogP contribution is 2.09. The van der Waals surface area contributed by atoms with E-state index < -0.39 is 27.2 Å². The summed E-state index contributed by atoms with van der Waals surface area (Å²) in [5, 5.41) is 5.45. The average Bonchev–Trinajstić information content (AvgIpc) is 2.75. The van der Waals surface area contributed by atoms with E-state index in [-0.39, 0.29) is 4.90 Å². The smallest absolute Gasteiger partial charge is 0.272 e. The molecule has 8 nitrogen and oxygen atoms in total. The van der Waals surface area contributed by atoms with Gasteiger partial charge in [0, 0.05) is 0 Å². The summed E-state index contributed by atoms with van der Waals surface area (Å²) in [7, 11) is -3.73. The van der Waals surface area contributed by atoms with Crippen LogP contribution in [0.1, 0.15) is 0 Å². The number of carbonyl (C=O) groups is 1. The molecule has 2 N–H and O–H groups in total. The number of hydrogen-bond acceptors (Lipinski definition) is 5. The maximum absolute atomic E-state index is 11.9. The lowest BCUT2D eigenvalue weighted by molar-refractivity contribution is -0.114. The number of carbonyl (C=O) groups excluding carboxylic acids is 1. The molecule has 0 saturated carbocycles. The summed E-state index contributed by atoms with van der Waals surface area (Å²) < 4.78 is 24.5. The van der Waals surface area contributed by atoms with E-state index in [4.69, 9.17) is 0 Å². The number of nitrogens with zero attached hydrogens (tertiary/aromatic N) is 2. The van der Waals surface area contributed by atoms with Crippen molar-refractivity contribution in [3.05, 3.63) is 47.1 Å². The van der Waals surface area contributed by atoms with Gasteiger partial charge in [0.2, 0.25) is 0 Å². The molecular weight excluding hydrogens is 272 g/mol. The Bertz CT molecular complexity index is 732.